The quantitative estimate of drug-likeness (QED) is 0.934. The molecular weight excluding hydrogens is 259 g/mol. The van der Waals surface area contributed by atoms with Crippen molar-refractivity contribution in [3.63, 3.8) is 0 Å². The Labute approximate surface area is 115 Å². The van der Waals surface area contributed by atoms with Crippen LogP contribution in [0.15, 0.2) is 35.1 Å². The van der Waals surface area contributed by atoms with Crippen LogP contribution in [0.25, 0.3) is 11.4 Å². The zero-order valence-corrected chi connectivity index (χ0v) is 10.9. The minimum Gasteiger partial charge on any atom is -0.378 e. The van der Waals surface area contributed by atoms with Gasteiger partial charge in [-0.05, 0) is 37.1 Å². The molecule has 1 N–H and O–H groups in total. The molecule has 0 radical (unpaired) electrons. The van der Waals surface area contributed by atoms with Crippen LogP contribution < -0.4 is 5.56 Å². The monoisotopic (exact) mass is 274 g/mol. The van der Waals surface area contributed by atoms with Crippen LogP contribution in [0.2, 0.25) is 0 Å². The molecule has 1 atom stereocenters. The summed E-state index contributed by atoms with van der Waals surface area (Å²) in [7, 11) is 0. The highest BCUT2D eigenvalue weighted by Gasteiger charge is 2.17. The number of hydrogen-bond donors (Lipinski definition) is 1. The highest BCUT2D eigenvalue weighted by Crippen LogP contribution is 2.18. The Kier molecular flexibility index (Phi) is 3.60. The number of halogens is 1. The van der Waals surface area contributed by atoms with E-state index >= 15 is 0 Å². The number of aromatic nitrogens is 2. The molecule has 1 saturated heterocycles. The molecule has 0 bridgehead atoms. The second-order valence-corrected chi connectivity index (χ2v) is 4.93. The molecule has 2 heterocycles. The van der Waals surface area contributed by atoms with Gasteiger partial charge in [-0.1, -0.05) is 0 Å². The van der Waals surface area contributed by atoms with Crippen LogP contribution in [-0.4, -0.2) is 22.7 Å². The average Bonchev–Trinajstić information content (AvgIpc) is 2.91. The summed E-state index contributed by atoms with van der Waals surface area (Å²) in [6.07, 6.45) is 2.84. The van der Waals surface area contributed by atoms with E-state index < -0.39 is 0 Å². The normalized spacial score (nSPS) is 18.4. The maximum absolute atomic E-state index is 12.9. The van der Waals surface area contributed by atoms with Gasteiger partial charge in [-0.15, -0.1) is 0 Å². The van der Waals surface area contributed by atoms with Gasteiger partial charge in [0.05, 0.1) is 11.8 Å². The van der Waals surface area contributed by atoms with Crippen LogP contribution in [0.1, 0.15) is 18.5 Å². The largest absolute Gasteiger partial charge is 0.378 e. The summed E-state index contributed by atoms with van der Waals surface area (Å²) in [6.45, 7) is 0.776. The summed E-state index contributed by atoms with van der Waals surface area (Å²) < 4.78 is 18.5. The number of aromatic amines is 1. The van der Waals surface area contributed by atoms with E-state index in [0.29, 0.717) is 23.5 Å². The highest BCUT2D eigenvalue weighted by atomic mass is 19.1. The molecule has 1 fully saturated rings. The molecule has 20 heavy (non-hydrogen) atoms. The van der Waals surface area contributed by atoms with Gasteiger partial charge in [0, 0.05) is 24.7 Å². The second kappa shape index (κ2) is 5.54. The van der Waals surface area contributed by atoms with Gasteiger partial charge in [0.2, 0.25) is 0 Å². The van der Waals surface area contributed by atoms with Crippen LogP contribution in [0, 0.1) is 5.82 Å². The van der Waals surface area contributed by atoms with Gasteiger partial charge in [-0.2, -0.15) is 0 Å². The van der Waals surface area contributed by atoms with Gasteiger partial charge in [-0.25, -0.2) is 9.37 Å². The lowest BCUT2D eigenvalue weighted by Crippen LogP contribution is -2.15. The number of benzene rings is 1. The smallest absolute Gasteiger partial charge is 0.251 e. The van der Waals surface area contributed by atoms with Crippen molar-refractivity contribution in [3.8, 4) is 11.4 Å². The van der Waals surface area contributed by atoms with Crippen molar-refractivity contribution in [1.82, 2.24) is 9.97 Å². The fourth-order valence-electron chi connectivity index (χ4n) is 2.40. The zero-order chi connectivity index (χ0) is 13.9. The first-order chi connectivity index (χ1) is 9.70. The maximum atomic E-state index is 12.9. The predicted molar refractivity (Wildman–Crippen MR) is 72.9 cm³/mol. The molecule has 5 heteroatoms. The van der Waals surface area contributed by atoms with Gasteiger partial charge >= 0.3 is 0 Å². The molecule has 3 rings (SSSR count). The van der Waals surface area contributed by atoms with Crippen LogP contribution in [0.5, 0.6) is 0 Å². The molecule has 1 aromatic heterocycles. The van der Waals surface area contributed by atoms with E-state index in [-0.39, 0.29) is 17.5 Å². The van der Waals surface area contributed by atoms with Crippen molar-refractivity contribution in [2.24, 2.45) is 0 Å². The first-order valence-corrected chi connectivity index (χ1v) is 6.68. The lowest BCUT2D eigenvalue weighted by atomic mass is 10.1. The van der Waals surface area contributed by atoms with Gasteiger partial charge in [0.15, 0.2) is 0 Å². The lowest BCUT2D eigenvalue weighted by molar-refractivity contribution is 0.110. The number of H-pyrrole nitrogens is 1. The van der Waals surface area contributed by atoms with Gasteiger partial charge in [0.25, 0.3) is 5.56 Å². The second-order valence-electron chi connectivity index (χ2n) is 4.93. The molecule has 4 nitrogen and oxygen atoms in total. The molecule has 0 spiro atoms. The maximum Gasteiger partial charge on any atom is 0.251 e. The van der Waals surface area contributed by atoms with E-state index in [4.69, 9.17) is 4.74 Å². The van der Waals surface area contributed by atoms with Crippen LogP contribution in [-0.2, 0) is 11.2 Å². The molecule has 2 aromatic rings. The SMILES string of the molecule is O=c1cc(CC2CCCO2)nc(-c2ccc(F)cc2)[nH]1. The number of rotatable bonds is 3. The highest BCUT2D eigenvalue weighted by molar-refractivity contribution is 5.54. The van der Waals surface area contributed by atoms with E-state index in [1.807, 2.05) is 0 Å². The molecule has 104 valence electrons. The fourth-order valence-corrected chi connectivity index (χ4v) is 2.40. The van der Waals surface area contributed by atoms with Crippen molar-refractivity contribution in [1.29, 1.82) is 0 Å². The van der Waals surface area contributed by atoms with Crippen LogP contribution in [0.3, 0.4) is 0 Å². The van der Waals surface area contributed by atoms with Crippen LogP contribution >= 0.6 is 0 Å². The third kappa shape index (κ3) is 2.93. The number of nitrogens with one attached hydrogen (secondary N) is 1. The Morgan fingerprint density at radius 3 is 2.85 bits per heavy atom. The fraction of sp³-hybridized carbons (Fsp3) is 0.333. The van der Waals surface area contributed by atoms with Gasteiger partial charge < -0.3 is 9.72 Å². The van der Waals surface area contributed by atoms with Gasteiger partial charge in [-0.3, -0.25) is 4.79 Å². The van der Waals surface area contributed by atoms with Crippen molar-refractivity contribution >= 4 is 0 Å². The summed E-state index contributed by atoms with van der Waals surface area (Å²) in [5.41, 5.74) is 1.20. The van der Waals surface area contributed by atoms with E-state index in [2.05, 4.69) is 9.97 Å². The zero-order valence-electron chi connectivity index (χ0n) is 10.9. The number of nitrogens with zero attached hydrogens (tertiary/aromatic N) is 1. The van der Waals surface area contributed by atoms with Gasteiger partial charge in [0.1, 0.15) is 11.6 Å². The summed E-state index contributed by atoms with van der Waals surface area (Å²) in [6, 6.07) is 7.39. The Morgan fingerprint density at radius 2 is 2.15 bits per heavy atom. The summed E-state index contributed by atoms with van der Waals surface area (Å²) >= 11 is 0. The standard InChI is InChI=1S/C15H15FN2O2/c16-11-5-3-10(4-6-11)15-17-12(9-14(19)18-15)8-13-2-1-7-20-13/h3-6,9,13H,1-2,7-8H2,(H,17,18,19). The molecule has 1 unspecified atom stereocenters. The molecule has 0 saturated carbocycles. The Hall–Kier alpha value is -2.01. The first-order valence-electron chi connectivity index (χ1n) is 6.68. The first kappa shape index (κ1) is 13.0. The van der Waals surface area contributed by atoms with Crippen molar-refractivity contribution in [3.05, 3.63) is 52.2 Å². The minimum atomic E-state index is -0.313. The van der Waals surface area contributed by atoms with Crippen molar-refractivity contribution in [2.45, 2.75) is 25.4 Å². The van der Waals surface area contributed by atoms with E-state index in [0.717, 1.165) is 19.4 Å². The molecule has 1 aromatic carbocycles. The predicted octanol–water partition coefficient (Wildman–Crippen LogP) is 2.30. The summed E-state index contributed by atoms with van der Waals surface area (Å²) in [5.74, 6) is 0.150. The van der Waals surface area contributed by atoms with Crippen LogP contribution in [0.4, 0.5) is 4.39 Å². The summed E-state index contributed by atoms with van der Waals surface area (Å²) in [4.78, 5) is 18.8. The lowest BCUT2D eigenvalue weighted by Gasteiger charge is -2.09. The van der Waals surface area contributed by atoms with E-state index in [9.17, 15) is 9.18 Å². The van der Waals surface area contributed by atoms with Crippen molar-refractivity contribution < 1.29 is 9.13 Å². The van der Waals surface area contributed by atoms with Crippen molar-refractivity contribution in [2.75, 3.05) is 6.61 Å². The number of ether oxygens (including phenoxy) is 1. The average molecular weight is 274 g/mol. The Balaban J connectivity index is 1.89. The molecular formula is C15H15FN2O2. The molecule has 1 aliphatic heterocycles. The molecule has 1 aliphatic rings. The number of hydrogen-bond acceptors (Lipinski definition) is 3. The molecule has 0 amide bonds. The summed E-state index contributed by atoms with van der Waals surface area (Å²) in [5, 5.41) is 0. The Morgan fingerprint density at radius 1 is 1.35 bits per heavy atom. The van der Waals surface area contributed by atoms with E-state index in [1.165, 1.54) is 18.2 Å². The minimum absolute atomic E-state index is 0.144. The molecule has 0 aliphatic carbocycles. The third-order valence-corrected chi connectivity index (χ3v) is 3.37. The Bertz CT molecular complexity index is 646. The third-order valence-electron chi connectivity index (χ3n) is 3.37. The van der Waals surface area contributed by atoms with E-state index in [1.54, 1.807) is 12.1 Å². The topological polar surface area (TPSA) is 55.0 Å².